The van der Waals surface area contributed by atoms with Gasteiger partial charge in [-0.25, -0.2) is 4.79 Å². The summed E-state index contributed by atoms with van der Waals surface area (Å²) < 4.78 is 11.4. The molecule has 0 aliphatic carbocycles. The molecule has 0 heterocycles. The van der Waals surface area contributed by atoms with Crippen LogP contribution >= 0.6 is 0 Å². The lowest BCUT2D eigenvalue weighted by atomic mass is 9.93. The Bertz CT molecular complexity index is 1290. The molecular formula is C28H29NO4. The Labute approximate surface area is 194 Å². The summed E-state index contributed by atoms with van der Waals surface area (Å²) in [5.41, 5.74) is 1.31. The van der Waals surface area contributed by atoms with Crippen LogP contribution in [0.15, 0.2) is 72.8 Å². The van der Waals surface area contributed by atoms with Gasteiger partial charge in [0, 0.05) is 17.5 Å². The molecule has 0 aromatic heterocycles. The Kier molecular flexibility index (Phi) is 6.40. The lowest BCUT2D eigenvalue weighted by Gasteiger charge is -2.20. The molecule has 0 aliphatic heterocycles. The van der Waals surface area contributed by atoms with Crippen LogP contribution in [-0.4, -0.2) is 30.0 Å². The van der Waals surface area contributed by atoms with Crippen LogP contribution in [0.25, 0.3) is 21.5 Å². The number of hydrogen-bond donors (Lipinski definition) is 2. The maximum atomic E-state index is 11.9. The third-order valence-corrected chi connectivity index (χ3v) is 5.39. The number of amides is 1. The van der Waals surface area contributed by atoms with Gasteiger partial charge in [0.15, 0.2) is 0 Å². The fourth-order valence-corrected chi connectivity index (χ4v) is 3.95. The van der Waals surface area contributed by atoms with E-state index in [4.69, 9.17) is 9.47 Å². The molecule has 0 bridgehead atoms. The van der Waals surface area contributed by atoms with Gasteiger partial charge in [-0.15, -0.1) is 0 Å². The molecule has 0 saturated heterocycles. The van der Waals surface area contributed by atoms with E-state index in [1.807, 2.05) is 75.4 Å². The third kappa shape index (κ3) is 5.37. The molecular weight excluding hydrogens is 414 g/mol. The van der Waals surface area contributed by atoms with E-state index in [2.05, 4.69) is 17.4 Å². The predicted octanol–water partition coefficient (Wildman–Crippen LogP) is 6.19. The molecule has 5 heteroatoms. The number of carbonyl (C=O) groups is 1. The number of alkyl carbamates (subject to hydrolysis) is 1. The maximum absolute atomic E-state index is 11.9. The van der Waals surface area contributed by atoms with E-state index >= 15 is 0 Å². The van der Waals surface area contributed by atoms with E-state index < -0.39 is 11.7 Å². The second kappa shape index (κ2) is 9.41. The topological polar surface area (TPSA) is 67.8 Å². The van der Waals surface area contributed by atoms with Gasteiger partial charge in [-0.2, -0.15) is 0 Å². The molecule has 0 atom stereocenters. The van der Waals surface area contributed by atoms with Crippen LogP contribution < -0.4 is 10.1 Å². The van der Waals surface area contributed by atoms with Crippen molar-refractivity contribution >= 4 is 27.6 Å². The summed E-state index contributed by atoms with van der Waals surface area (Å²) in [6, 6.07) is 23.8. The SMILES string of the molecule is CC(C)(C)OC(=O)NCCOc1ccc2ccccc2c1Cc1c(O)ccc2ccccc12. The predicted molar refractivity (Wildman–Crippen MR) is 132 cm³/mol. The number of aromatic hydroxyl groups is 1. The maximum Gasteiger partial charge on any atom is 0.407 e. The minimum atomic E-state index is -0.545. The molecule has 4 rings (SSSR count). The summed E-state index contributed by atoms with van der Waals surface area (Å²) in [6.07, 6.45) is 0.0501. The molecule has 0 saturated carbocycles. The van der Waals surface area contributed by atoms with Gasteiger partial charge in [0.1, 0.15) is 23.7 Å². The molecule has 1 amide bonds. The third-order valence-electron chi connectivity index (χ3n) is 5.39. The van der Waals surface area contributed by atoms with Crippen molar-refractivity contribution in [2.75, 3.05) is 13.2 Å². The Hall–Kier alpha value is -3.73. The van der Waals surface area contributed by atoms with E-state index in [-0.39, 0.29) is 5.75 Å². The lowest BCUT2D eigenvalue weighted by Crippen LogP contribution is -2.34. The summed E-state index contributed by atoms with van der Waals surface area (Å²) in [6.45, 7) is 6.10. The smallest absolute Gasteiger partial charge is 0.407 e. The van der Waals surface area contributed by atoms with Gasteiger partial charge in [0.25, 0.3) is 0 Å². The second-order valence-electron chi connectivity index (χ2n) is 9.00. The van der Waals surface area contributed by atoms with E-state index in [0.717, 1.165) is 38.4 Å². The van der Waals surface area contributed by atoms with Crippen molar-refractivity contribution in [3.05, 3.63) is 83.9 Å². The van der Waals surface area contributed by atoms with Crippen LogP contribution in [0.2, 0.25) is 0 Å². The molecule has 0 fully saturated rings. The number of hydrogen-bond acceptors (Lipinski definition) is 4. The molecule has 170 valence electrons. The molecule has 33 heavy (non-hydrogen) atoms. The first-order valence-corrected chi connectivity index (χ1v) is 11.1. The molecule has 0 spiro atoms. The largest absolute Gasteiger partial charge is 0.508 e. The van der Waals surface area contributed by atoms with Crippen LogP contribution in [0.5, 0.6) is 11.5 Å². The Balaban J connectivity index is 1.61. The zero-order chi connectivity index (χ0) is 23.4. The number of phenolic OH excluding ortho intramolecular Hbond substituents is 1. The number of nitrogens with one attached hydrogen (secondary N) is 1. The van der Waals surface area contributed by atoms with E-state index in [0.29, 0.717) is 19.6 Å². The highest BCUT2D eigenvalue weighted by Crippen LogP contribution is 2.35. The summed E-state index contributed by atoms with van der Waals surface area (Å²) in [5.74, 6) is 0.992. The number of fused-ring (bicyclic) bond motifs is 2. The zero-order valence-corrected chi connectivity index (χ0v) is 19.2. The van der Waals surface area contributed by atoms with Gasteiger partial charge >= 0.3 is 6.09 Å². The van der Waals surface area contributed by atoms with E-state index in [1.165, 1.54) is 0 Å². The van der Waals surface area contributed by atoms with E-state index in [9.17, 15) is 9.90 Å². The standard InChI is InChI=1S/C28H29NO4/c1-28(2,3)33-27(31)29-16-17-32-26-15-13-20-9-5-7-11-22(20)24(26)18-23-21-10-6-4-8-19(21)12-14-25(23)30/h4-15,30H,16-18H2,1-3H3,(H,29,31). The van der Waals surface area contributed by atoms with Gasteiger partial charge in [-0.1, -0.05) is 60.7 Å². The van der Waals surface area contributed by atoms with Crippen LogP contribution in [0, 0.1) is 0 Å². The first-order valence-electron chi connectivity index (χ1n) is 11.1. The van der Waals surface area contributed by atoms with Crippen LogP contribution in [0.3, 0.4) is 0 Å². The van der Waals surface area contributed by atoms with E-state index in [1.54, 1.807) is 6.07 Å². The van der Waals surface area contributed by atoms with Gasteiger partial charge in [0.05, 0.1) is 6.54 Å². The first-order chi connectivity index (χ1) is 15.8. The van der Waals surface area contributed by atoms with Gasteiger partial charge < -0.3 is 19.9 Å². The quantitative estimate of drug-likeness (QED) is 0.349. The fraction of sp³-hybridized carbons (Fsp3) is 0.250. The second-order valence-corrected chi connectivity index (χ2v) is 9.00. The van der Waals surface area contributed by atoms with Crippen molar-refractivity contribution in [1.82, 2.24) is 5.32 Å². The lowest BCUT2D eigenvalue weighted by molar-refractivity contribution is 0.0520. The first kappa shape index (κ1) is 22.5. The highest BCUT2D eigenvalue weighted by atomic mass is 16.6. The molecule has 4 aromatic rings. The van der Waals surface area contributed by atoms with Gasteiger partial charge in [0.2, 0.25) is 0 Å². The van der Waals surface area contributed by atoms with Crippen molar-refractivity contribution in [3.8, 4) is 11.5 Å². The molecule has 0 aliphatic rings. The number of benzene rings is 4. The summed E-state index contributed by atoms with van der Waals surface area (Å²) in [7, 11) is 0. The van der Waals surface area contributed by atoms with Gasteiger partial charge in [-0.3, -0.25) is 0 Å². The Morgan fingerprint density at radius 2 is 1.45 bits per heavy atom. The van der Waals surface area contributed by atoms with Crippen LogP contribution in [0.1, 0.15) is 31.9 Å². The van der Waals surface area contributed by atoms with Crippen molar-refractivity contribution in [1.29, 1.82) is 0 Å². The summed E-state index contributed by atoms with van der Waals surface area (Å²) in [4.78, 5) is 11.9. The highest BCUT2D eigenvalue weighted by Gasteiger charge is 2.17. The van der Waals surface area contributed by atoms with Gasteiger partial charge in [-0.05, 0) is 54.4 Å². The zero-order valence-electron chi connectivity index (χ0n) is 19.2. The molecule has 4 aromatic carbocycles. The van der Waals surface area contributed by atoms with Crippen LogP contribution in [0.4, 0.5) is 4.79 Å². The average Bonchev–Trinajstić information content (AvgIpc) is 2.78. The Morgan fingerprint density at radius 3 is 2.12 bits per heavy atom. The number of rotatable bonds is 6. The minimum absolute atomic E-state index is 0.263. The molecule has 5 nitrogen and oxygen atoms in total. The summed E-state index contributed by atoms with van der Waals surface area (Å²) in [5, 5.41) is 17.7. The summed E-state index contributed by atoms with van der Waals surface area (Å²) >= 11 is 0. The number of carbonyl (C=O) groups excluding carboxylic acids is 1. The normalized spacial score (nSPS) is 11.5. The minimum Gasteiger partial charge on any atom is -0.508 e. The van der Waals surface area contributed by atoms with Crippen molar-refractivity contribution in [2.24, 2.45) is 0 Å². The molecule has 0 radical (unpaired) electrons. The monoisotopic (exact) mass is 443 g/mol. The average molecular weight is 444 g/mol. The van der Waals surface area contributed by atoms with Crippen molar-refractivity contribution < 1.29 is 19.4 Å². The number of ether oxygens (including phenoxy) is 2. The highest BCUT2D eigenvalue weighted by molar-refractivity contribution is 5.91. The number of phenols is 1. The van der Waals surface area contributed by atoms with Crippen molar-refractivity contribution in [3.63, 3.8) is 0 Å². The fourth-order valence-electron chi connectivity index (χ4n) is 3.95. The molecule has 0 unspecified atom stereocenters. The van der Waals surface area contributed by atoms with Crippen LogP contribution in [-0.2, 0) is 11.2 Å². The molecule has 2 N–H and O–H groups in total. The van der Waals surface area contributed by atoms with Crippen molar-refractivity contribution in [2.45, 2.75) is 32.8 Å². The Morgan fingerprint density at radius 1 is 0.848 bits per heavy atom.